The lowest BCUT2D eigenvalue weighted by atomic mass is 10.1. The van der Waals surface area contributed by atoms with Gasteiger partial charge in [0.15, 0.2) is 11.5 Å². The number of hydrogen-bond donors (Lipinski definition) is 1. The lowest BCUT2D eigenvalue weighted by molar-refractivity contribution is -0.160. The summed E-state index contributed by atoms with van der Waals surface area (Å²) >= 11 is 12.7. The van der Waals surface area contributed by atoms with Crippen molar-refractivity contribution < 1.29 is 33.2 Å². The molecular weight excluding hydrogens is 721 g/mol. The van der Waals surface area contributed by atoms with E-state index in [0.29, 0.717) is 81.6 Å². The average Bonchev–Trinajstić information content (AvgIpc) is 3.13. The maximum absolute atomic E-state index is 11.6. The Bertz CT molecular complexity index is 1670. The maximum Gasteiger partial charge on any atom is 0.332 e. The van der Waals surface area contributed by atoms with Crippen molar-refractivity contribution in [1.82, 2.24) is 14.8 Å². The van der Waals surface area contributed by atoms with E-state index in [2.05, 4.69) is 26.2 Å². The average molecular weight is 775 g/mol. The van der Waals surface area contributed by atoms with E-state index in [-0.39, 0.29) is 12.6 Å². The fraction of sp³-hybridized carbons (Fsp3) is 0.564. The molecule has 1 aliphatic rings. The highest BCUT2D eigenvalue weighted by molar-refractivity contribution is 6.37. The van der Waals surface area contributed by atoms with E-state index in [4.69, 9.17) is 51.6 Å². The largest absolute Gasteiger partial charge is 0.495 e. The molecule has 2 heterocycles. The monoisotopic (exact) mass is 773 g/mol. The van der Waals surface area contributed by atoms with Crippen LogP contribution in [0.3, 0.4) is 0 Å². The Hall–Kier alpha value is -3.57. The van der Waals surface area contributed by atoms with Crippen molar-refractivity contribution in [3.05, 3.63) is 46.1 Å². The van der Waals surface area contributed by atoms with E-state index in [1.54, 1.807) is 19.2 Å². The zero-order valence-electron chi connectivity index (χ0n) is 31.6. The second-order valence-electron chi connectivity index (χ2n) is 13.8. The Balaban J connectivity index is 1.12. The second-order valence-corrected chi connectivity index (χ2v) is 14.6. The van der Waals surface area contributed by atoms with Crippen LogP contribution in [-0.4, -0.2) is 113 Å². The van der Waals surface area contributed by atoms with Crippen LogP contribution in [0.2, 0.25) is 10.0 Å². The van der Waals surface area contributed by atoms with Crippen LogP contribution in [0.4, 0.5) is 11.4 Å². The number of fused-ring (bicyclic) bond motifs is 1. The van der Waals surface area contributed by atoms with Gasteiger partial charge >= 0.3 is 5.97 Å². The molecule has 4 rings (SSSR count). The van der Waals surface area contributed by atoms with Gasteiger partial charge in [0.1, 0.15) is 24.0 Å². The van der Waals surface area contributed by atoms with Gasteiger partial charge in [-0.25, -0.2) is 4.79 Å². The highest BCUT2D eigenvalue weighted by atomic mass is 35.5. The molecule has 1 aliphatic heterocycles. The first-order valence-electron chi connectivity index (χ1n) is 18.2. The summed E-state index contributed by atoms with van der Waals surface area (Å²) in [5, 5.41) is 14.6. The minimum atomic E-state index is -0.496. The van der Waals surface area contributed by atoms with Crippen molar-refractivity contribution in [2.75, 3.05) is 91.8 Å². The summed E-state index contributed by atoms with van der Waals surface area (Å²) in [5.74, 6) is 1.23. The second kappa shape index (κ2) is 21.4. The Morgan fingerprint density at radius 2 is 1.51 bits per heavy atom. The van der Waals surface area contributed by atoms with Gasteiger partial charge in [-0.15, -0.1) is 0 Å². The van der Waals surface area contributed by atoms with Crippen LogP contribution in [0.1, 0.15) is 58.4 Å². The number of anilines is 2. The van der Waals surface area contributed by atoms with Gasteiger partial charge in [0.25, 0.3) is 0 Å². The molecule has 0 atom stereocenters. The summed E-state index contributed by atoms with van der Waals surface area (Å²) in [4.78, 5) is 21.2. The summed E-state index contributed by atoms with van der Waals surface area (Å²) in [5.41, 5.74) is 1.56. The summed E-state index contributed by atoms with van der Waals surface area (Å²) < 4.78 is 33.4. The molecule has 12 nitrogen and oxygen atoms in total. The van der Waals surface area contributed by atoms with Crippen LogP contribution in [0.15, 0.2) is 30.5 Å². The van der Waals surface area contributed by atoms with Gasteiger partial charge in [0.2, 0.25) is 0 Å². The smallest absolute Gasteiger partial charge is 0.332 e. The van der Waals surface area contributed by atoms with E-state index in [9.17, 15) is 10.1 Å². The summed E-state index contributed by atoms with van der Waals surface area (Å²) in [6, 6.07) is 9.14. The number of pyridine rings is 1. The quantitative estimate of drug-likeness (QED) is 0.0851. The third-order valence-electron chi connectivity index (χ3n) is 8.64. The van der Waals surface area contributed by atoms with Crippen molar-refractivity contribution in [1.29, 1.82) is 5.26 Å². The first-order chi connectivity index (χ1) is 25.5. The Kier molecular flexibility index (Phi) is 17.0. The molecule has 1 N–H and O–H groups in total. The number of esters is 1. The van der Waals surface area contributed by atoms with E-state index in [0.717, 1.165) is 58.5 Å². The van der Waals surface area contributed by atoms with Gasteiger partial charge in [-0.2, -0.15) is 5.26 Å². The number of ether oxygens (including phenoxy) is 6. The molecular formula is C39H53Cl2N5O7. The molecule has 2 aromatic carbocycles. The number of carbonyl (C=O) groups is 1. The van der Waals surface area contributed by atoms with Crippen molar-refractivity contribution >= 4 is 51.4 Å². The van der Waals surface area contributed by atoms with Crippen LogP contribution in [0, 0.1) is 11.3 Å². The Labute approximate surface area is 323 Å². The minimum absolute atomic E-state index is 0.0442. The first kappa shape index (κ1) is 42.2. The molecule has 290 valence electrons. The van der Waals surface area contributed by atoms with Crippen molar-refractivity contribution in [3.8, 4) is 23.3 Å². The fourth-order valence-electron chi connectivity index (χ4n) is 5.95. The molecule has 0 spiro atoms. The van der Waals surface area contributed by atoms with E-state index in [1.807, 2.05) is 32.9 Å². The van der Waals surface area contributed by atoms with Gasteiger partial charge in [-0.05, 0) is 58.7 Å². The Morgan fingerprint density at radius 1 is 0.830 bits per heavy atom. The standard InChI is InChI=1S/C39H53Cl2N5O7/c1-39(2,3)53-37(47)27-51-20-19-50-17-9-7-6-8-11-45-13-15-46(16-14-45)12-10-18-52-36-23-32-29(21-35(36)49-5)38(28(25-42)26-43-32)44-33-24-34(48-4)31(41)22-30(33)40/h21-24,26H,6-20,27H2,1-5H3,(H,43,44). The highest BCUT2D eigenvalue weighted by Crippen LogP contribution is 2.40. The number of carbonyl (C=O) groups excluding carboxylic acids is 1. The molecule has 53 heavy (non-hydrogen) atoms. The topological polar surface area (TPSA) is 128 Å². The molecule has 0 saturated carbocycles. The van der Waals surface area contributed by atoms with Crippen LogP contribution in [0.25, 0.3) is 10.9 Å². The van der Waals surface area contributed by atoms with Crippen molar-refractivity contribution in [3.63, 3.8) is 0 Å². The van der Waals surface area contributed by atoms with Crippen molar-refractivity contribution in [2.45, 2.75) is 58.5 Å². The number of methoxy groups -OCH3 is 2. The summed E-state index contributed by atoms with van der Waals surface area (Å²) in [6.45, 7) is 13.9. The van der Waals surface area contributed by atoms with Gasteiger partial charge in [-0.1, -0.05) is 36.0 Å². The summed E-state index contributed by atoms with van der Waals surface area (Å²) in [6.07, 6.45) is 6.95. The zero-order chi connectivity index (χ0) is 38.2. The van der Waals surface area contributed by atoms with Crippen LogP contribution >= 0.6 is 23.2 Å². The number of piperazine rings is 1. The van der Waals surface area contributed by atoms with Crippen LogP contribution < -0.4 is 19.5 Å². The third kappa shape index (κ3) is 13.7. The van der Waals surface area contributed by atoms with Crippen molar-refractivity contribution in [2.24, 2.45) is 0 Å². The number of unbranched alkanes of at least 4 members (excludes halogenated alkanes) is 3. The number of nitriles is 1. The molecule has 0 radical (unpaired) electrons. The number of nitrogens with zero attached hydrogens (tertiary/aromatic N) is 4. The molecule has 0 unspecified atom stereocenters. The fourth-order valence-corrected chi connectivity index (χ4v) is 6.46. The minimum Gasteiger partial charge on any atom is -0.495 e. The molecule has 1 aromatic heterocycles. The normalized spacial score (nSPS) is 13.8. The van der Waals surface area contributed by atoms with Gasteiger partial charge < -0.3 is 43.5 Å². The van der Waals surface area contributed by atoms with Gasteiger partial charge in [-0.3, -0.25) is 4.98 Å². The van der Waals surface area contributed by atoms with Gasteiger partial charge in [0, 0.05) is 63.0 Å². The molecule has 0 bridgehead atoms. The third-order valence-corrected chi connectivity index (χ3v) is 9.25. The zero-order valence-corrected chi connectivity index (χ0v) is 33.1. The molecule has 0 amide bonds. The molecule has 1 fully saturated rings. The van der Waals surface area contributed by atoms with E-state index >= 15 is 0 Å². The lowest BCUT2D eigenvalue weighted by Crippen LogP contribution is -2.46. The van der Waals surface area contributed by atoms with Crippen LogP contribution in [0.5, 0.6) is 17.2 Å². The number of aromatic nitrogens is 1. The highest BCUT2D eigenvalue weighted by Gasteiger charge is 2.19. The summed E-state index contributed by atoms with van der Waals surface area (Å²) in [7, 11) is 3.12. The molecule has 1 saturated heterocycles. The number of benzene rings is 2. The number of nitrogens with one attached hydrogen (secondary N) is 1. The number of halogens is 2. The number of rotatable bonds is 21. The number of hydrogen-bond acceptors (Lipinski definition) is 12. The lowest BCUT2D eigenvalue weighted by Gasteiger charge is -2.34. The molecule has 0 aliphatic carbocycles. The Morgan fingerprint density at radius 3 is 2.19 bits per heavy atom. The maximum atomic E-state index is 11.6. The van der Waals surface area contributed by atoms with Gasteiger partial charge in [0.05, 0.1) is 66.5 Å². The first-order valence-corrected chi connectivity index (χ1v) is 18.9. The van der Waals surface area contributed by atoms with E-state index < -0.39 is 5.60 Å². The molecule has 3 aromatic rings. The molecule has 14 heteroatoms. The predicted molar refractivity (Wildman–Crippen MR) is 208 cm³/mol. The SMILES string of the molecule is COc1cc(Nc2c(C#N)cnc3cc(OCCCN4CCN(CCCCCCOCCOCC(=O)OC(C)(C)C)CC4)c(OC)cc23)c(Cl)cc1Cl. The van der Waals surface area contributed by atoms with E-state index in [1.165, 1.54) is 26.1 Å². The van der Waals surface area contributed by atoms with Crippen LogP contribution in [-0.2, 0) is 19.0 Å². The predicted octanol–water partition coefficient (Wildman–Crippen LogP) is 7.50.